The smallest absolute Gasteiger partial charge is 0.224 e. The molecule has 0 aliphatic carbocycles. The van der Waals surface area contributed by atoms with Crippen LogP contribution in [0.5, 0.6) is 0 Å². The molecule has 1 unspecified atom stereocenters. The molecule has 0 radical (unpaired) electrons. The van der Waals surface area contributed by atoms with Gasteiger partial charge in [0.2, 0.25) is 5.91 Å². The molecular weight excluding hydrogens is 399 g/mol. The normalized spacial score (nSPS) is 17.0. The van der Waals surface area contributed by atoms with Gasteiger partial charge in [-0.25, -0.2) is 9.37 Å². The molecule has 156 valence electrons. The van der Waals surface area contributed by atoms with Crippen molar-refractivity contribution < 1.29 is 9.18 Å². The van der Waals surface area contributed by atoms with Gasteiger partial charge in [-0.3, -0.25) is 14.7 Å². The van der Waals surface area contributed by atoms with E-state index in [0.29, 0.717) is 26.1 Å². The number of benzene rings is 1. The number of carbonyl (C=O) groups is 1. The first-order valence-corrected chi connectivity index (χ1v) is 11.2. The maximum absolute atomic E-state index is 13.4. The van der Waals surface area contributed by atoms with Gasteiger partial charge >= 0.3 is 0 Å². The Morgan fingerprint density at radius 1 is 1.23 bits per heavy atom. The zero-order valence-electron chi connectivity index (χ0n) is 16.8. The first-order valence-electron chi connectivity index (χ1n) is 10.3. The fourth-order valence-corrected chi connectivity index (χ4v) is 4.59. The molecule has 1 aromatic carbocycles. The maximum Gasteiger partial charge on any atom is 0.224 e. The molecule has 1 fully saturated rings. The molecule has 0 saturated carbocycles. The van der Waals surface area contributed by atoms with Crippen molar-refractivity contribution in [2.24, 2.45) is 5.92 Å². The molecule has 3 aromatic rings. The van der Waals surface area contributed by atoms with Crippen LogP contribution in [0.1, 0.15) is 23.4 Å². The summed E-state index contributed by atoms with van der Waals surface area (Å²) in [5.41, 5.74) is 2.69. The molecule has 0 spiro atoms. The second kappa shape index (κ2) is 9.91. The Kier molecular flexibility index (Phi) is 6.81. The number of amides is 1. The monoisotopic (exact) mass is 424 g/mol. The Morgan fingerprint density at radius 3 is 3.00 bits per heavy atom. The van der Waals surface area contributed by atoms with Crippen LogP contribution in [0.15, 0.2) is 54.0 Å². The third-order valence-electron chi connectivity index (χ3n) is 5.29. The van der Waals surface area contributed by atoms with Crippen molar-refractivity contribution in [3.05, 3.63) is 70.4 Å². The van der Waals surface area contributed by atoms with Crippen LogP contribution in [-0.4, -0.2) is 40.4 Å². The van der Waals surface area contributed by atoms with E-state index in [-0.39, 0.29) is 17.6 Å². The number of aromatic nitrogens is 2. The maximum atomic E-state index is 13.4. The number of pyridine rings is 1. The van der Waals surface area contributed by atoms with Crippen LogP contribution in [0.25, 0.3) is 11.4 Å². The zero-order valence-corrected chi connectivity index (χ0v) is 17.6. The molecule has 0 bridgehead atoms. The molecule has 1 amide bonds. The molecule has 1 aliphatic heterocycles. The van der Waals surface area contributed by atoms with Gasteiger partial charge in [0.15, 0.2) is 0 Å². The highest BCUT2D eigenvalue weighted by molar-refractivity contribution is 7.09. The van der Waals surface area contributed by atoms with Crippen LogP contribution in [0.4, 0.5) is 4.39 Å². The van der Waals surface area contributed by atoms with Crippen LogP contribution < -0.4 is 5.32 Å². The lowest BCUT2D eigenvalue weighted by molar-refractivity contribution is -0.126. The van der Waals surface area contributed by atoms with Crippen LogP contribution in [0, 0.1) is 11.7 Å². The minimum absolute atomic E-state index is 0.0207. The first kappa shape index (κ1) is 20.6. The number of nitrogens with one attached hydrogen (secondary N) is 1. The van der Waals surface area contributed by atoms with E-state index in [4.69, 9.17) is 0 Å². The van der Waals surface area contributed by atoms with E-state index in [1.54, 1.807) is 29.7 Å². The van der Waals surface area contributed by atoms with E-state index in [1.807, 2.05) is 29.6 Å². The van der Waals surface area contributed by atoms with Crippen molar-refractivity contribution in [3.8, 4) is 11.4 Å². The Labute approximate surface area is 180 Å². The summed E-state index contributed by atoms with van der Waals surface area (Å²) in [5.74, 6) is -0.139. The third kappa shape index (κ3) is 5.49. The quantitative estimate of drug-likeness (QED) is 0.625. The predicted molar refractivity (Wildman–Crippen MR) is 116 cm³/mol. The SMILES string of the molecule is O=C(NCCc1nc(-c2ccccn2)cs1)C1CCCN(Cc2cccc(F)c2)C1. The molecule has 4 rings (SSSR count). The second-order valence-corrected chi connectivity index (χ2v) is 8.53. The van der Waals surface area contributed by atoms with Crippen LogP contribution in [0.3, 0.4) is 0 Å². The highest BCUT2D eigenvalue weighted by Gasteiger charge is 2.25. The Balaban J connectivity index is 1.24. The van der Waals surface area contributed by atoms with E-state index in [0.717, 1.165) is 41.3 Å². The lowest BCUT2D eigenvalue weighted by atomic mass is 9.96. The third-order valence-corrected chi connectivity index (χ3v) is 6.20. The summed E-state index contributed by atoms with van der Waals surface area (Å²) in [7, 11) is 0. The number of halogens is 1. The van der Waals surface area contributed by atoms with E-state index >= 15 is 0 Å². The van der Waals surface area contributed by atoms with Crippen LogP contribution in [0.2, 0.25) is 0 Å². The van der Waals surface area contributed by atoms with Crippen molar-refractivity contribution in [1.29, 1.82) is 0 Å². The highest BCUT2D eigenvalue weighted by Crippen LogP contribution is 2.21. The van der Waals surface area contributed by atoms with Crippen molar-refractivity contribution in [1.82, 2.24) is 20.2 Å². The summed E-state index contributed by atoms with van der Waals surface area (Å²) >= 11 is 1.59. The molecule has 1 N–H and O–H groups in total. The van der Waals surface area contributed by atoms with Crippen LogP contribution >= 0.6 is 11.3 Å². The Morgan fingerprint density at radius 2 is 2.17 bits per heavy atom. The Bertz CT molecular complexity index is 978. The molecule has 1 aliphatic rings. The summed E-state index contributed by atoms with van der Waals surface area (Å²) in [6.07, 6.45) is 4.35. The second-order valence-electron chi connectivity index (χ2n) is 7.59. The van der Waals surface area contributed by atoms with Gasteiger partial charge in [0.05, 0.1) is 22.3 Å². The van der Waals surface area contributed by atoms with Crippen molar-refractivity contribution in [2.45, 2.75) is 25.8 Å². The average Bonchev–Trinajstić information content (AvgIpc) is 3.23. The summed E-state index contributed by atoms with van der Waals surface area (Å²) in [6, 6.07) is 12.5. The fraction of sp³-hybridized carbons (Fsp3) is 0.348. The molecule has 3 heterocycles. The predicted octanol–water partition coefficient (Wildman–Crippen LogP) is 3.92. The minimum Gasteiger partial charge on any atom is -0.355 e. The van der Waals surface area contributed by atoms with Gasteiger partial charge in [0, 0.05) is 37.6 Å². The number of hydrogen-bond donors (Lipinski definition) is 1. The molecule has 1 atom stereocenters. The van der Waals surface area contributed by atoms with Crippen LogP contribution in [-0.2, 0) is 17.8 Å². The van der Waals surface area contributed by atoms with E-state index in [9.17, 15) is 9.18 Å². The molecule has 7 heteroatoms. The van der Waals surface area contributed by atoms with E-state index in [1.165, 1.54) is 6.07 Å². The summed E-state index contributed by atoms with van der Waals surface area (Å²) in [4.78, 5) is 23.8. The lowest BCUT2D eigenvalue weighted by Gasteiger charge is -2.32. The fourth-order valence-electron chi connectivity index (χ4n) is 3.80. The highest BCUT2D eigenvalue weighted by atomic mass is 32.1. The zero-order chi connectivity index (χ0) is 20.8. The number of nitrogens with zero attached hydrogens (tertiary/aromatic N) is 3. The van der Waals surface area contributed by atoms with Gasteiger partial charge in [0.25, 0.3) is 0 Å². The average molecular weight is 425 g/mol. The number of carbonyl (C=O) groups excluding carboxylic acids is 1. The van der Waals surface area contributed by atoms with Crippen molar-refractivity contribution in [2.75, 3.05) is 19.6 Å². The van der Waals surface area contributed by atoms with Gasteiger partial charge in [0.1, 0.15) is 5.82 Å². The lowest BCUT2D eigenvalue weighted by Crippen LogP contribution is -2.43. The standard InChI is InChI=1S/C23H25FN4OS/c24-19-7-3-5-17(13-19)14-28-12-4-6-18(15-28)23(29)26-11-9-22-27-21(16-30-22)20-8-1-2-10-25-20/h1-3,5,7-8,10,13,16,18H,4,6,9,11-12,14-15H2,(H,26,29). The van der Waals surface area contributed by atoms with Gasteiger partial charge in [-0.1, -0.05) is 18.2 Å². The topological polar surface area (TPSA) is 58.1 Å². The Hall–Kier alpha value is -2.64. The largest absolute Gasteiger partial charge is 0.355 e. The number of hydrogen-bond acceptors (Lipinski definition) is 5. The molecule has 1 saturated heterocycles. The minimum atomic E-state index is -0.216. The molecule has 5 nitrogen and oxygen atoms in total. The van der Waals surface area contributed by atoms with E-state index < -0.39 is 0 Å². The summed E-state index contributed by atoms with van der Waals surface area (Å²) in [6.45, 7) is 2.91. The number of piperidine rings is 1. The molecular formula is C23H25FN4OS. The van der Waals surface area contributed by atoms with Gasteiger partial charge < -0.3 is 5.32 Å². The molecule has 30 heavy (non-hydrogen) atoms. The van der Waals surface area contributed by atoms with Gasteiger partial charge in [-0.2, -0.15) is 0 Å². The number of likely N-dealkylation sites (tertiary alicyclic amines) is 1. The van der Waals surface area contributed by atoms with Crippen molar-refractivity contribution in [3.63, 3.8) is 0 Å². The molecule has 2 aromatic heterocycles. The van der Waals surface area contributed by atoms with Gasteiger partial charge in [-0.15, -0.1) is 11.3 Å². The van der Waals surface area contributed by atoms with Gasteiger partial charge in [-0.05, 0) is 49.2 Å². The van der Waals surface area contributed by atoms with Crippen molar-refractivity contribution >= 4 is 17.2 Å². The number of rotatable bonds is 7. The first-order chi connectivity index (χ1) is 14.7. The number of thiazole rings is 1. The summed E-state index contributed by atoms with van der Waals surface area (Å²) in [5, 5.41) is 6.07. The van der Waals surface area contributed by atoms with E-state index in [2.05, 4.69) is 20.2 Å². The summed E-state index contributed by atoms with van der Waals surface area (Å²) < 4.78 is 13.4.